The maximum absolute atomic E-state index is 13.3. The molecule has 2 fully saturated rings. The summed E-state index contributed by atoms with van der Waals surface area (Å²) < 4.78 is 40.5. The zero-order valence-corrected chi connectivity index (χ0v) is 18.5. The lowest BCUT2D eigenvalue weighted by Gasteiger charge is -2.43. The number of nitrogens with zero attached hydrogens (tertiary/aromatic N) is 2. The van der Waals surface area contributed by atoms with Crippen molar-refractivity contribution in [3.63, 3.8) is 0 Å². The molecule has 2 aromatic rings. The standard InChI is InChI=1S/C21H22FN3O4S2/c1-15-2-8-18(9-3-15)31(28,29)23-20(27)24-12-10-21(11-13-24)25(19(26)14-30-21)17-6-4-16(22)5-7-17/h2-9H,10-14H2,1H3,(H,23,27). The van der Waals surface area contributed by atoms with Gasteiger partial charge in [0, 0.05) is 18.8 Å². The molecule has 0 atom stereocenters. The molecule has 31 heavy (non-hydrogen) atoms. The smallest absolute Gasteiger partial charge is 0.324 e. The molecule has 2 aliphatic heterocycles. The maximum atomic E-state index is 13.3. The van der Waals surface area contributed by atoms with Crippen LogP contribution in [0.2, 0.25) is 0 Å². The highest BCUT2D eigenvalue weighted by Gasteiger charge is 2.49. The van der Waals surface area contributed by atoms with E-state index in [1.165, 1.54) is 40.9 Å². The van der Waals surface area contributed by atoms with Crippen molar-refractivity contribution >= 4 is 39.4 Å². The minimum atomic E-state index is -3.97. The lowest BCUT2D eigenvalue weighted by Crippen LogP contribution is -2.55. The Kier molecular flexibility index (Phi) is 5.69. The van der Waals surface area contributed by atoms with Crippen molar-refractivity contribution in [3.05, 3.63) is 59.9 Å². The van der Waals surface area contributed by atoms with Gasteiger partial charge in [0.1, 0.15) is 5.82 Å². The first-order valence-corrected chi connectivity index (χ1v) is 12.3. The zero-order valence-electron chi connectivity index (χ0n) is 16.9. The van der Waals surface area contributed by atoms with Crippen molar-refractivity contribution in [1.29, 1.82) is 0 Å². The molecule has 1 N–H and O–H groups in total. The highest BCUT2D eigenvalue weighted by Crippen LogP contribution is 2.46. The molecular weight excluding hydrogens is 441 g/mol. The van der Waals surface area contributed by atoms with Crippen LogP contribution in [0.25, 0.3) is 0 Å². The minimum absolute atomic E-state index is 0.0272. The van der Waals surface area contributed by atoms with Gasteiger partial charge in [-0.25, -0.2) is 22.3 Å². The third-order valence-electron chi connectivity index (χ3n) is 5.59. The fraction of sp³-hybridized carbons (Fsp3) is 0.333. The molecule has 0 radical (unpaired) electrons. The summed E-state index contributed by atoms with van der Waals surface area (Å²) in [6, 6.07) is 11.4. The fourth-order valence-corrected chi connectivity index (χ4v) is 6.20. The van der Waals surface area contributed by atoms with E-state index in [0.29, 0.717) is 37.4 Å². The highest BCUT2D eigenvalue weighted by molar-refractivity contribution is 8.02. The molecule has 2 heterocycles. The molecule has 7 nitrogen and oxygen atoms in total. The Morgan fingerprint density at radius 1 is 1.06 bits per heavy atom. The molecule has 0 aromatic heterocycles. The molecule has 2 aromatic carbocycles. The van der Waals surface area contributed by atoms with E-state index in [1.807, 2.05) is 6.92 Å². The third kappa shape index (κ3) is 4.27. The van der Waals surface area contributed by atoms with E-state index in [9.17, 15) is 22.4 Å². The van der Waals surface area contributed by atoms with Crippen molar-refractivity contribution in [1.82, 2.24) is 9.62 Å². The van der Waals surface area contributed by atoms with Crippen LogP contribution in [0.15, 0.2) is 53.4 Å². The van der Waals surface area contributed by atoms with Crippen molar-refractivity contribution in [2.75, 3.05) is 23.7 Å². The summed E-state index contributed by atoms with van der Waals surface area (Å²) in [6.45, 7) is 2.44. The summed E-state index contributed by atoms with van der Waals surface area (Å²) in [5.41, 5.74) is 1.54. The Hall–Kier alpha value is -2.59. The number of halogens is 1. The second-order valence-electron chi connectivity index (χ2n) is 7.65. The van der Waals surface area contributed by atoms with E-state index in [-0.39, 0.29) is 16.6 Å². The third-order valence-corrected chi connectivity index (χ3v) is 8.45. The van der Waals surface area contributed by atoms with Crippen LogP contribution in [0.1, 0.15) is 18.4 Å². The molecular formula is C21H22FN3O4S2. The number of benzene rings is 2. The Bertz CT molecular complexity index is 1100. The largest absolute Gasteiger partial charge is 0.331 e. The number of anilines is 1. The monoisotopic (exact) mass is 463 g/mol. The number of hydrogen-bond donors (Lipinski definition) is 1. The number of likely N-dealkylation sites (tertiary alicyclic amines) is 1. The van der Waals surface area contributed by atoms with Gasteiger partial charge < -0.3 is 4.90 Å². The van der Waals surface area contributed by atoms with Crippen molar-refractivity contribution in [2.24, 2.45) is 0 Å². The van der Waals surface area contributed by atoms with Crippen molar-refractivity contribution in [2.45, 2.75) is 29.5 Å². The Morgan fingerprint density at radius 3 is 2.29 bits per heavy atom. The molecule has 10 heteroatoms. The number of sulfonamides is 1. The van der Waals surface area contributed by atoms with Crippen LogP contribution in [0.4, 0.5) is 14.9 Å². The SMILES string of the molecule is Cc1ccc(S(=O)(=O)NC(=O)N2CCC3(CC2)SCC(=O)N3c2ccc(F)cc2)cc1. The number of aryl methyl sites for hydroxylation is 1. The molecule has 2 aliphatic rings. The number of rotatable bonds is 3. The van der Waals surface area contributed by atoms with Crippen LogP contribution in [0, 0.1) is 12.7 Å². The van der Waals surface area contributed by atoms with E-state index < -0.39 is 20.9 Å². The molecule has 0 bridgehead atoms. The fourth-order valence-electron chi connectivity index (χ4n) is 3.90. The predicted octanol–water partition coefficient (Wildman–Crippen LogP) is 3.10. The van der Waals surface area contributed by atoms with Gasteiger partial charge in [0.05, 0.1) is 15.5 Å². The average molecular weight is 464 g/mol. The van der Waals surface area contributed by atoms with Gasteiger partial charge in [-0.05, 0) is 56.2 Å². The Morgan fingerprint density at radius 2 is 1.68 bits per heavy atom. The van der Waals surface area contributed by atoms with Gasteiger partial charge in [0.25, 0.3) is 10.0 Å². The van der Waals surface area contributed by atoms with E-state index in [2.05, 4.69) is 4.72 Å². The number of hydrogen-bond acceptors (Lipinski definition) is 5. The van der Waals surface area contributed by atoms with Crippen LogP contribution >= 0.6 is 11.8 Å². The first-order chi connectivity index (χ1) is 14.7. The van der Waals surface area contributed by atoms with Gasteiger partial charge in [-0.15, -0.1) is 11.8 Å². The topological polar surface area (TPSA) is 86.8 Å². The molecule has 164 valence electrons. The lowest BCUT2D eigenvalue weighted by molar-refractivity contribution is -0.116. The predicted molar refractivity (Wildman–Crippen MR) is 117 cm³/mol. The van der Waals surface area contributed by atoms with Crippen LogP contribution in [0.3, 0.4) is 0 Å². The van der Waals surface area contributed by atoms with E-state index >= 15 is 0 Å². The quantitative estimate of drug-likeness (QED) is 0.756. The maximum Gasteiger partial charge on any atom is 0.331 e. The molecule has 4 rings (SSSR count). The normalized spacial score (nSPS) is 18.5. The molecule has 0 saturated carbocycles. The number of nitrogens with one attached hydrogen (secondary N) is 1. The average Bonchev–Trinajstić information content (AvgIpc) is 3.05. The van der Waals surface area contributed by atoms with Crippen LogP contribution in [0.5, 0.6) is 0 Å². The number of urea groups is 1. The van der Waals surface area contributed by atoms with Crippen LogP contribution < -0.4 is 9.62 Å². The summed E-state index contributed by atoms with van der Waals surface area (Å²) in [7, 11) is -3.97. The lowest BCUT2D eigenvalue weighted by atomic mass is 10.0. The first-order valence-electron chi connectivity index (χ1n) is 9.81. The van der Waals surface area contributed by atoms with Gasteiger partial charge in [-0.3, -0.25) is 9.69 Å². The zero-order chi connectivity index (χ0) is 22.2. The van der Waals surface area contributed by atoms with E-state index in [1.54, 1.807) is 29.2 Å². The van der Waals surface area contributed by atoms with Gasteiger partial charge in [0.2, 0.25) is 5.91 Å². The molecule has 1 spiro atoms. The first kappa shape index (κ1) is 21.6. The number of piperidine rings is 1. The number of carbonyl (C=O) groups excluding carboxylic acids is 2. The molecule has 0 unspecified atom stereocenters. The van der Waals surface area contributed by atoms with Gasteiger partial charge in [-0.2, -0.15) is 0 Å². The molecule has 2 saturated heterocycles. The summed E-state index contributed by atoms with van der Waals surface area (Å²) in [4.78, 5) is 27.8. The van der Waals surface area contributed by atoms with Crippen LogP contribution in [-0.2, 0) is 14.8 Å². The molecule has 0 aliphatic carbocycles. The van der Waals surface area contributed by atoms with Crippen molar-refractivity contribution in [3.8, 4) is 0 Å². The number of carbonyl (C=O) groups is 2. The minimum Gasteiger partial charge on any atom is -0.324 e. The molecule has 3 amide bonds. The summed E-state index contributed by atoms with van der Waals surface area (Å²) in [5, 5.41) is 0. The number of amides is 3. The van der Waals surface area contributed by atoms with Crippen molar-refractivity contribution < 1.29 is 22.4 Å². The van der Waals surface area contributed by atoms with E-state index in [4.69, 9.17) is 0 Å². The van der Waals surface area contributed by atoms with Gasteiger partial charge in [-0.1, -0.05) is 17.7 Å². The summed E-state index contributed by atoms with van der Waals surface area (Å²) >= 11 is 1.51. The second-order valence-corrected chi connectivity index (χ2v) is 10.7. The van der Waals surface area contributed by atoms with E-state index in [0.717, 1.165) is 5.56 Å². The summed E-state index contributed by atoms with van der Waals surface area (Å²) in [5.74, 6) is -0.124. The highest BCUT2D eigenvalue weighted by atomic mass is 32.2. The summed E-state index contributed by atoms with van der Waals surface area (Å²) in [6.07, 6.45) is 0.970. The van der Waals surface area contributed by atoms with Gasteiger partial charge in [0.15, 0.2) is 0 Å². The number of thioether (sulfide) groups is 1. The van der Waals surface area contributed by atoms with Crippen LogP contribution in [-0.4, -0.2) is 49.0 Å². The Labute approximate surface area is 184 Å². The Balaban J connectivity index is 1.45. The second kappa shape index (κ2) is 8.16. The van der Waals surface area contributed by atoms with Gasteiger partial charge >= 0.3 is 6.03 Å².